The Hall–Kier alpha value is -1.13. The van der Waals surface area contributed by atoms with Gasteiger partial charge in [0.1, 0.15) is 5.82 Å². The van der Waals surface area contributed by atoms with Gasteiger partial charge in [0, 0.05) is 13.1 Å². The van der Waals surface area contributed by atoms with E-state index in [1.54, 1.807) is 0 Å². The highest BCUT2D eigenvalue weighted by Crippen LogP contribution is 2.19. The van der Waals surface area contributed by atoms with Crippen molar-refractivity contribution in [1.29, 1.82) is 0 Å². The zero-order valence-electron chi connectivity index (χ0n) is 12.2. The van der Waals surface area contributed by atoms with Gasteiger partial charge in [-0.2, -0.15) is 0 Å². The summed E-state index contributed by atoms with van der Waals surface area (Å²) < 4.78 is 5.67. The van der Waals surface area contributed by atoms with Gasteiger partial charge in [0.05, 0.1) is 24.4 Å². The lowest BCUT2D eigenvalue weighted by Gasteiger charge is -2.37. The van der Waals surface area contributed by atoms with Crippen LogP contribution in [0.15, 0.2) is 18.2 Å². The molecule has 0 aromatic carbocycles. The number of nitrogens with one attached hydrogen (secondary N) is 1. The van der Waals surface area contributed by atoms with Crippen LogP contribution in [0, 0.1) is 0 Å². The third kappa shape index (κ3) is 3.91. The number of rotatable bonds is 5. The van der Waals surface area contributed by atoms with Crippen molar-refractivity contribution < 1.29 is 4.74 Å². The first-order chi connectivity index (χ1) is 9.20. The number of ether oxygens (including phenoxy) is 1. The van der Waals surface area contributed by atoms with Gasteiger partial charge < -0.3 is 15.0 Å². The van der Waals surface area contributed by atoms with Gasteiger partial charge in [0.2, 0.25) is 0 Å². The van der Waals surface area contributed by atoms with E-state index >= 15 is 0 Å². The second-order valence-electron chi connectivity index (χ2n) is 5.31. The molecule has 0 radical (unpaired) electrons. The minimum atomic E-state index is 0.278. The van der Waals surface area contributed by atoms with Gasteiger partial charge in [-0.1, -0.05) is 13.0 Å². The van der Waals surface area contributed by atoms with Crippen molar-refractivity contribution in [2.24, 2.45) is 0 Å². The maximum atomic E-state index is 5.67. The fourth-order valence-electron chi connectivity index (χ4n) is 2.34. The van der Waals surface area contributed by atoms with Crippen molar-refractivity contribution in [3.8, 4) is 0 Å². The molecular weight excluding hydrogens is 238 g/mol. The summed E-state index contributed by atoms with van der Waals surface area (Å²) in [6, 6.07) is 6.67. The van der Waals surface area contributed by atoms with Gasteiger partial charge in [-0.05, 0) is 38.9 Å². The van der Waals surface area contributed by atoms with Crippen molar-refractivity contribution in [3.63, 3.8) is 0 Å². The lowest BCUT2D eigenvalue weighted by atomic mass is 10.2. The molecule has 1 aliphatic heterocycles. The smallest absolute Gasteiger partial charge is 0.129 e. The largest absolute Gasteiger partial charge is 0.375 e. The monoisotopic (exact) mass is 263 g/mol. The van der Waals surface area contributed by atoms with E-state index in [1.165, 1.54) is 0 Å². The first-order valence-corrected chi connectivity index (χ1v) is 7.25. The van der Waals surface area contributed by atoms with Gasteiger partial charge in [0.15, 0.2) is 0 Å². The molecule has 1 fully saturated rings. The van der Waals surface area contributed by atoms with Crippen LogP contribution in [0.3, 0.4) is 0 Å². The summed E-state index contributed by atoms with van der Waals surface area (Å²) in [6.07, 6.45) is 1.43. The van der Waals surface area contributed by atoms with E-state index in [4.69, 9.17) is 9.72 Å². The molecule has 19 heavy (non-hydrogen) atoms. The van der Waals surface area contributed by atoms with Crippen LogP contribution in [0.25, 0.3) is 0 Å². The van der Waals surface area contributed by atoms with Gasteiger partial charge >= 0.3 is 0 Å². The van der Waals surface area contributed by atoms with E-state index in [1.807, 2.05) is 0 Å². The molecule has 1 saturated heterocycles. The van der Waals surface area contributed by atoms with Crippen LogP contribution >= 0.6 is 0 Å². The molecule has 2 atom stereocenters. The molecule has 0 spiro atoms. The van der Waals surface area contributed by atoms with Crippen LogP contribution in [0.2, 0.25) is 0 Å². The molecule has 1 aromatic rings. The molecule has 0 saturated carbocycles. The summed E-state index contributed by atoms with van der Waals surface area (Å²) in [5, 5.41) is 3.40. The van der Waals surface area contributed by atoms with Crippen LogP contribution < -0.4 is 10.2 Å². The quantitative estimate of drug-likeness (QED) is 0.826. The molecule has 0 bridgehead atoms. The highest BCUT2D eigenvalue weighted by molar-refractivity contribution is 5.41. The fourth-order valence-corrected chi connectivity index (χ4v) is 2.34. The van der Waals surface area contributed by atoms with E-state index < -0.39 is 0 Å². The third-order valence-electron chi connectivity index (χ3n) is 3.43. The van der Waals surface area contributed by atoms with Crippen molar-refractivity contribution in [1.82, 2.24) is 10.3 Å². The van der Waals surface area contributed by atoms with Crippen molar-refractivity contribution in [3.05, 3.63) is 23.9 Å². The predicted molar refractivity (Wildman–Crippen MR) is 78.5 cm³/mol. The van der Waals surface area contributed by atoms with Crippen molar-refractivity contribution in [2.75, 3.05) is 24.6 Å². The Morgan fingerprint density at radius 2 is 2.26 bits per heavy atom. The number of anilines is 1. The van der Waals surface area contributed by atoms with Gasteiger partial charge in [-0.25, -0.2) is 4.98 Å². The Labute approximate surface area is 116 Å². The standard InChI is InChI=1S/C15H25N3O/c1-4-8-16-9-14-6-5-7-15(17-14)18-10-13(3)19-11-12(18)2/h5-7,12-13,16H,4,8-11H2,1-3H3. The van der Waals surface area contributed by atoms with Crippen LogP contribution in [0.4, 0.5) is 5.82 Å². The maximum absolute atomic E-state index is 5.67. The van der Waals surface area contributed by atoms with E-state index in [2.05, 4.69) is 49.2 Å². The Morgan fingerprint density at radius 1 is 1.42 bits per heavy atom. The highest BCUT2D eigenvalue weighted by atomic mass is 16.5. The minimum absolute atomic E-state index is 0.278. The maximum Gasteiger partial charge on any atom is 0.129 e. The van der Waals surface area contributed by atoms with Gasteiger partial charge in [0.25, 0.3) is 0 Å². The minimum Gasteiger partial charge on any atom is -0.375 e. The normalized spacial score (nSPS) is 23.6. The molecular formula is C15H25N3O. The number of pyridine rings is 1. The number of aromatic nitrogens is 1. The molecule has 106 valence electrons. The Kier molecular flexibility index (Phi) is 5.16. The van der Waals surface area contributed by atoms with Crippen molar-refractivity contribution in [2.45, 2.75) is 45.9 Å². The number of nitrogens with zero attached hydrogens (tertiary/aromatic N) is 2. The predicted octanol–water partition coefficient (Wildman–Crippen LogP) is 2.19. The SMILES string of the molecule is CCCNCc1cccc(N2CC(C)OCC2C)n1. The molecule has 4 nitrogen and oxygen atoms in total. The second-order valence-corrected chi connectivity index (χ2v) is 5.31. The summed E-state index contributed by atoms with van der Waals surface area (Å²) >= 11 is 0. The molecule has 1 aromatic heterocycles. The number of hydrogen-bond acceptors (Lipinski definition) is 4. The van der Waals surface area contributed by atoms with Crippen LogP contribution in [0.5, 0.6) is 0 Å². The molecule has 2 heterocycles. The molecule has 2 rings (SSSR count). The summed E-state index contributed by atoms with van der Waals surface area (Å²) in [6.45, 7) is 10.1. The fraction of sp³-hybridized carbons (Fsp3) is 0.667. The van der Waals surface area contributed by atoms with Crippen LogP contribution in [-0.2, 0) is 11.3 Å². The zero-order valence-corrected chi connectivity index (χ0v) is 12.2. The Morgan fingerprint density at radius 3 is 3.05 bits per heavy atom. The molecule has 0 amide bonds. The second kappa shape index (κ2) is 6.87. The van der Waals surface area contributed by atoms with E-state index in [-0.39, 0.29) is 6.10 Å². The lowest BCUT2D eigenvalue weighted by molar-refractivity contribution is 0.0340. The summed E-state index contributed by atoms with van der Waals surface area (Å²) in [5.74, 6) is 1.07. The van der Waals surface area contributed by atoms with Gasteiger partial charge in [-0.3, -0.25) is 0 Å². The first kappa shape index (κ1) is 14.3. The summed E-state index contributed by atoms with van der Waals surface area (Å²) in [7, 11) is 0. The molecule has 1 aliphatic rings. The van der Waals surface area contributed by atoms with Crippen molar-refractivity contribution >= 4 is 5.82 Å². The number of morpholine rings is 1. The number of hydrogen-bond donors (Lipinski definition) is 1. The Bertz CT molecular complexity index is 397. The summed E-state index contributed by atoms with van der Waals surface area (Å²) in [4.78, 5) is 7.11. The van der Waals surface area contributed by atoms with E-state index in [0.717, 1.165) is 44.2 Å². The third-order valence-corrected chi connectivity index (χ3v) is 3.43. The van der Waals surface area contributed by atoms with Crippen LogP contribution in [0.1, 0.15) is 32.9 Å². The Balaban J connectivity index is 2.04. The first-order valence-electron chi connectivity index (χ1n) is 7.25. The zero-order chi connectivity index (χ0) is 13.7. The van der Waals surface area contributed by atoms with Gasteiger partial charge in [-0.15, -0.1) is 0 Å². The lowest BCUT2D eigenvalue weighted by Crippen LogP contribution is -2.47. The summed E-state index contributed by atoms with van der Waals surface area (Å²) in [5.41, 5.74) is 1.11. The topological polar surface area (TPSA) is 37.4 Å². The van der Waals surface area contributed by atoms with Crippen LogP contribution in [-0.4, -0.2) is 36.8 Å². The molecule has 2 unspecified atom stereocenters. The molecule has 0 aliphatic carbocycles. The average molecular weight is 263 g/mol. The average Bonchev–Trinajstić information content (AvgIpc) is 2.42. The van der Waals surface area contributed by atoms with E-state index in [9.17, 15) is 0 Å². The highest BCUT2D eigenvalue weighted by Gasteiger charge is 2.24. The molecule has 4 heteroatoms. The van der Waals surface area contributed by atoms with E-state index in [0.29, 0.717) is 6.04 Å². The molecule has 1 N–H and O–H groups in total.